The van der Waals surface area contributed by atoms with E-state index in [-0.39, 0.29) is 33.9 Å². The van der Waals surface area contributed by atoms with Crippen LogP contribution in [0.4, 0.5) is 4.39 Å². The van der Waals surface area contributed by atoms with Crippen LogP contribution in [0.25, 0.3) is 0 Å². The first-order valence-corrected chi connectivity index (χ1v) is 9.36. The molecule has 1 aliphatic rings. The third-order valence-electron chi connectivity index (χ3n) is 3.88. The van der Waals surface area contributed by atoms with Gasteiger partial charge in [-0.25, -0.2) is 17.8 Å². The molecule has 6 nitrogen and oxygen atoms in total. The molecule has 1 atom stereocenters. The second-order valence-electron chi connectivity index (χ2n) is 5.43. The van der Waals surface area contributed by atoms with E-state index in [1.807, 2.05) is 0 Å². The van der Waals surface area contributed by atoms with Gasteiger partial charge in [-0.2, -0.15) is 4.31 Å². The number of sulfonamides is 1. The fourth-order valence-electron chi connectivity index (χ4n) is 2.78. The van der Waals surface area contributed by atoms with Gasteiger partial charge in [0.2, 0.25) is 10.0 Å². The number of aromatic nitrogens is 2. The zero-order valence-corrected chi connectivity index (χ0v) is 16.3. The molecule has 0 spiro atoms. The van der Waals surface area contributed by atoms with Crippen LogP contribution in [-0.4, -0.2) is 41.9 Å². The van der Waals surface area contributed by atoms with E-state index in [9.17, 15) is 12.8 Å². The third kappa shape index (κ3) is 3.79. The topological polar surface area (TPSA) is 67.2 Å². The first-order chi connectivity index (χ1) is 11.3. The van der Waals surface area contributed by atoms with E-state index >= 15 is 0 Å². The number of hydrogen-bond acceptors (Lipinski definition) is 4. The highest BCUT2D eigenvalue weighted by Gasteiger charge is 2.38. The van der Waals surface area contributed by atoms with Gasteiger partial charge in [0, 0.05) is 39.1 Å². The van der Waals surface area contributed by atoms with Crippen molar-refractivity contribution >= 4 is 45.6 Å². The first-order valence-electron chi connectivity index (χ1n) is 7.16. The summed E-state index contributed by atoms with van der Waals surface area (Å²) in [6, 6.07) is 1.37. The molecule has 1 aromatic heterocycles. The SMILES string of the molecule is Cl.Cn1ccnc1C1CNCCN1S(=O)(=O)c1c(Cl)cc(F)cc1Cl. The molecule has 1 N–H and O–H groups in total. The Hall–Kier alpha value is -0.900. The minimum absolute atomic E-state index is 0. The Morgan fingerprint density at radius 2 is 1.96 bits per heavy atom. The summed E-state index contributed by atoms with van der Waals surface area (Å²) in [4.78, 5) is 3.96. The van der Waals surface area contributed by atoms with Crippen molar-refractivity contribution in [2.24, 2.45) is 7.05 Å². The molecule has 1 aliphatic heterocycles. The summed E-state index contributed by atoms with van der Waals surface area (Å²) in [7, 11) is -2.23. The van der Waals surface area contributed by atoms with E-state index in [0.717, 1.165) is 12.1 Å². The zero-order valence-electron chi connectivity index (χ0n) is 13.1. The summed E-state index contributed by atoms with van der Waals surface area (Å²) in [5.74, 6) is -0.0926. The van der Waals surface area contributed by atoms with E-state index in [1.165, 1.54) is 4.31 Å². The van der Waals surface area contributed by atoms with Crippen molar-refractivity contribution in [1.82, 2.24) is 19.2 Å². The molecule has 11 heteroatoms. The van der Waals surface area contributed by atoms with Crippen molar-refractivity contribution in [2.45, 2.75) is 10.9 Å². The predicted molar refractivity (Wildman–Crippen MR) is 96.4 cm³/mol. The Balaban J connectivity index is 0.00000225. The fraction of sp³-hybridized carbons (Fsp3) is 0.357. The highest BCUT2D eigenvalue weighted by atomic mass is 35.5. The molecule has 1 unspecified atom stereocenters. The predicted octanol–water partition coefficient (Wildman–Crippen LogP) is 2.62. The number of nitrogens with one attached hydrogen (secondary N) is 1. The smallest absolute Gasteiger partial charge is 0.246 e. The summed E-state index contributed by atoms with van der Waals surface area (Å²) in [5, 5.41) is 2.68. The minimum atomic E-state index is -4.02. The summed E-state index contributed by atoms with van der Waals surface area (Å²) in [5.41, 5.74) is 0. The maximum Gasteiger partial charge on any atom is 0.246 e. The summed E-state index contributed by atoms with van der Waals surface area (Å²) < 4.78 is 42.7. The van der Waals surface area contributed by atoms with Crippen molar-refractivity contribution in [3.05, 3.63) is 46.2 Å². The van der Waals surface area contributed by atoms with Crippen LogP contribution in [0.1, 0.15) is 11.9 Å². The highest BCUT2D eigenvalue weighted by Crippen LogP contribution is 2.36. The standard InChI is InChI=1S/C14H15Cl2FN4O2S.ClH/c1-20-4-3-19-14(20)12-8-18-2-5-21(12)24(22,23)13-10(15)6-9(17)7-11(13)16;/h3-4,6-7,12,18H,2,5,8H2,1H3;1H. The number of rotatable bonds is 3. The number of imidazole rings is 1. The average molecular weight is 430 g/mol. The molecule has 0 bridgehead atoms. The number of aryl methyl sites for hydroxylation is 1. The van der Waals surface area contributed by atoms with Crippen LogP contribution in [0.15, 0.2) is 29.4 Å². The highest BCUT2D eigenvalue weighted by molar-refractivity contribution is 7.89. The Bertz CT molecular complexity index is 852. The molecule has 25 heavy (non-hydrogen) atoms. The maximum atomic E-state index is 13.4. The Morgan fingerprint density at radius 1 is 1.32 bits per heavy atom. The van der Waals surface area contributed by atoms with Crippen molar-refractivity contribution in [1.29, 1.82) is 0 Å². The summed E-state index contributed by atoms with van der Waals surface area (Å²) >= 11 is 12.0. The molecule has 0 saturated carbocycles. The Kier molecular flexibility index (Phi) is 6.35. The average Bonchev–Trinajstić information content (AvgIpc) is 2.92. The van der Waals surface area contributed by atoms with Gasteiger partial charge in [0.15, 0.2) is 0 Å². The van der Waals surface area contributed by atoms with Crippen LogP contribution < -0.4 is 5.32 Å². The Morgan fingerprint density at radius 3 is 2.52 bits per heavy atom. The number of piperazine rings is 1. The van der Waals surface area contributed by atoms with E-state index in [0.29, 0.717) is 18.9 Å². The van der Waals surface area contributed by atoms with E-state index in [1.54, 1.807) is 24.0 Å². The van der Waals surface area contributed by atoms with Gasteiger partial charge in [0.05, 0.1) is 16.1 Å². The Labute approximate surface area is 161 Å². The molecule has 138 valence electrons. The number of hydrogen-bond donors (Lipinski definition) is 1. The molecule has 1 aromatic carbocycles. The lowest BCUT2D eigenvalue weighted by atomic mass is 10.2. The molecular formula is C14H16Cl3FN4O2S. The minimum Gasteiger partial charge on any atom is -0.337 e. The van der Waals surface area contributed by atoms with E-state index in [4.69, 9.17) is 23.2 Å². The first kappa shape index (κ1) is 20.4. The van der Waals surface area contributed by atoms with Gasteiger partial charge in [-0.1, -0.05) is 23.2 Å². The van der Waals surface area contributed by atoms with Crippen LogP contribution in [0.5, 0.6) is 0 Å². The molecule has 1 fully saturated rings. The molecule has 1 saturated heterocycles. The van der Waals surface area contributed by atoms with Crippen molar-refractivity contribution in [3.63, 3.8) is 0 Å². The summed E-state index contributed by atoms with van der Waals surface area (Å²) in [6.45, 7) is 1.11. The van der Waals surface area contributed by atoms with Crippen LogP contribution in [0.3, 0.4) is 0 Å². The van der Waals surface area contributed by atoms with Gasteiger partial charge in [-0.15, -0.1) is 12.4 Å². The lowest BCUT2D eigenvalue weighted by molar-refractivity contribution is 0.258. The van der Waals surface area contributed by atoms with Gasteiger partial charge in [-0.05, 0) is 12.1 Å². The van der Waals surface area contributed by atoms with E-state index < -0.39 is 21.9 Å². The van der Waals surface area contributed by atoms with Gasteiger partial charge in [0.25, 0.3) is 0 Å². The second kappa shape index (κ2) is 7.77. The van der Waals surface area contributed by atoms with Crippen LogP contribution in [0.2, 0.25) is 10.0 Å². The van der Waals surface area contributed by atoms with Crippen molar-refractivity contribution < 1.29 is 12.8 Å². The maximum absolute atomic E-state index is 13.4. The zero-order chi connectivity index (χ0) is 17.5. The van der Waals surface area contributed by atoms with Gasteiger partial charge >= 0.3 is 0 Å². The van der Waals surface area contributed by atoms with Gasteiger partial charge < -0.3 is 9.88 Å². The molecular weight excluding hydrogens is 414 g/mol. The molecule has 0 amide bonds. The fourth-order valence-corrected chi connectivity index (χ4v) is 5.51. The molecule has 2 heterocycles. The molecule has 0 radical (unpaired) electrons. The normalized spacial score (nSPS) is 18.8. The van der Waals surface area contributed by atoms with Gasteiger partial charge in [-0.3, -0.25) is 0 Å². The monoisotopic (exact) mass is 428 g/mol. The number of nitrogens with zero attached hydrogens (tertiary/aromatic N) is 3. The molecule has 2 aromatic rings. The lowest BCUT2D eigenvalue weighted by Crippen LogP contribution is -2.49. The molecule has 0 aliphatic carbocycles. The summed E-state index contributed by atoms with van der Waals surface area (Å²) in [6.07, 6.45) is 3.35. The number of halogens is 4. The van der Waals surface area contributed by atoms with Crippen LogP contribution in [-0.2, 0) is 17.1 Å². The van der Waals surface area contributed by atoms with Crippen molar-refractivity contribution in [2.75, 3.05) is 19.6 Å². The number of benzene rings is 1. The third-order valence-corrected chi connectivity index (χ3v) is 6.71. The molecule has 3 rings (SSSR count). The lowest BCUT2D eigenvalue weighted by Gasteiger charge is -2.35. The van der Waals surface area contributed by atoms with Crippen LogP contribution >= 0.6 is 35.6 Å². The second-order valence-corrected chi connectivity index (χ2v) is 8.07. The van der Waals surface area contributed by atoms with E-state index in [2.05, 4.69) is 10.3 Å². The van der Waals surface area contributed by atoms with Gasteiger partial charge in [0.1, 0.15) is 16.5 Å². The van der Waals surface area contributed by atoms with Crippen molar-refractivity contribution in [3.8, 4) is 0 Å². The quantitative estimate of drug-likeness (QED) is 0.814. The largest absolute Gasteiger partial charge is 0.337 e. The van der Waals surface area contributed by atoms with Crippen LogP contribution in [0, 0.1) is 5.82 Å².